The number of hydrogen-bond donors (Lipinski definition) is 1. The molecule has 0 atom stereocenters. The molecule has 0 unspecified atom stereocenters. The summed E-state index contributed by atoms with van der Waals surface area (Å²) in [6, 6.07) is 23.6. The fraction of sp³-hybridized carbons (Fsp3) is 0.115. The van der Waals surface area contributed by atoms with Crippen LogP contribution in [-0.4, -0.2) is 36.5 Å². The third-order valence-corrected chi connectivity index (χ3v) is 5.04. The first-order valence-electron chi connectivity index (χ1n) is 10.4. The van der Waals surface area contributed by atoms with Gasteiger partial charge in [0.05, 0.1) is 25.5 Å². The SMILES string of the molecule is COc1ccc(OC)c(-c2nn(-c3ccccc3)cc2C(=O)Nc2cccc(OCC#N)c2)c1. The normalized spacial score (nSPS) is 10.3. The average molecular weight is 454 g/mol. The Morgan fingerprint density at radius 1 is 1.00 bits per heavy atom. The van der Waals surface area contributed by atoms with Gasteiger partial charge in [0, 0.05) is 23.5 Å². The molecule has 1 amide bonds. The van der Waals surface area contributed by atoms with Gasteiger partial charge in [0.25, 0.3) is 5.91 Å². The van der Waals surface area contributed by atoms with Gasteiger partial charge in [-0.1, -0.05) is 24.3 Å². The Morgan fingerprint density at radius 2 is 1.82 bits per heavy atom. The van der Waals surface area contributed by atoms with Crippen LogP contribution < -0.4 is 19.5 Å². The number of methoxy groups -OCH3 is 2. The molecule has 0 fully saturated rings. The maximum Gasteiger partial charge on any atom is 0.259 e. The Bertz CT molecular complexity index is 1340. The van der Waals surface area contributed by atoms with E-state index in [1.54, 1.807) is 67.6 Å². The van der Waals surface area contributed by atoms with Gasteiger partial charge in [-0.3, -0.25) is 4.79 Å². The lowest BCUT2D eigenvalue weighted by molar-refractivity contribution is 0.102. The third kappa shape index (κ3) is 4.84. The molecule has 0 bridgehead atoms. The first kappa shape index (κ1) is 22.4. The van der Waals surface area contributed by atoms with E-state index in [-0.39, 0.29) is 12.5 Å². The number of para-hydroxylation sites is 1. The van der Waals surface area contributed by atoms with E-state index in [0.29, 0.717) is 39.8 Å². The van der Waals surface area contributed by atoms with Crippen LogP contribution in [0.15, 0.2) is 79.0 Å². The van der Waals surface area contributed by atoms with Gasteiger partial charge in [0.15, 0.2) is 6.61 Å². The summed E-state index contributed by atoms with van der Waals surface area (Å²) in [5.41, 5.74) is 2.73. The Hall–Kier alpha value is -4.77. The third-order valence-electron chi connectivity index (χ3n) is 5.04. The summed E-state index contributed by atoms with van der Waals surface area (Å²) in [7, 11) is 3.13. The van der Waals surface area contributed by atoms with Crippen LogP contribution in [0.2, 0.25) is 0 Å². The van der Waals surface area contributed by atoms with Crippen LogP contribution >= 0.6 is 0 Å². The van der Waals surface area contributed by atoms with E-state index in [9.17, 15) is 4.79 Å². The molecule has 8 heteroatoms. The first-order chi connectivity index (χ1) is 16.6. The molecule has 0 aliphatic heterocycles. The van der Waals surface area contributed by atoms with E-state index in [1.807, 2.05) is 36.4 Å². The number of amides is 1. The van der Waals surface area contributed by atoms with Crippen molar-refractivity contribution in [2.45, 2.75) is 0 Å². The van der Waals surface area contributed by atoms with E-state index in [2.05, 4.69) is 5.32 Å². The standard InChI is InChI=1S/C26H22N4O4/c1-32-20-11-12-24(33-2)22(16-20)25-23(17-30(29-25)19-8-4-3-5-9-19)26(31)28-18-7-6-10-21(15-18)34-14-13-27/h3-12,15-17H,14H2,1-2H3,(H,28,31). The monoisotopic (exact) mass is 454 g/mol. The Kier molecular flexibility index (Phi) is 6.75. The number of hydrogen-bond acceptors (Lipinski definition) is 6. The summed E-state index contributed by atoms with van der Waals surface area (Å²) in [5.74, 6) is 1.28. The molecule has 0 saturated heterocycles. The Labute approximate surface area is 196 Å². The molecule has 0 saturated carbocycles. The number of aromatic nitrogens is 2. The molecule has 1 N–H and O–H groups in total. The zero-order valence-electron chi connectivity index (χ0n) is 18.7. The highest BCUT2D eigenvalue weighted by Crippen LogP contribution is 2.35. The van der Waals surface area contributed by atoms with Crippen molar-refractivity contribution in [3.05, 3.63) is 84.6 Å². The topological polar surface area (TPSA) is 98.4 Å². The number of rotatable bonds is 8. The molecular formula is C26H22N4O4. The van der Waals surface area contributed by atoms with Crippen LogP contribution in [0.4, 0.5) is 5.69 Å². The van der Waals surface area contributed by atoms with Crippen molar-refractivity contribution >= 4 is 11.6 Å². The summed E-state index contributed by atoms with van der Waals surface area (Å²) in [4.78, 5) is 13.4. The molecule has 1 heterocycles. The maximum absolute atomic E-state index is 13.4. The highest BCUT2D eigenvalue weighted by atomic mass is 16.5. The van der Waals surface area contributed by atoms with E-state index in [4.69, 9.17) is 24.6 Å². The quantitative estimate of drug-likeness (QED) is 0.414. The number of nitrogens with one attached hydrogen (secondary N) is 1. The predicted molar refractivity (Wildman–Crippen MR) is 128 cm³/mol. The van der Waals surface area contributed by atoms with Gasteiger partial charge >= 0.3 is 0 Å². The van der Waals surface area contributed by atoms with E-state index < -0.39 is 0 Å². The zero-order chi connectivity index (χ0) is 23.9. The molecule has 170 valence electrons. The van der Waals surface area contributed by atoms with Gasteiger partial charge < -0.3 is 19.5 Å². The van der Waals surface area contributed by atoms with Gasteiger partial charge in [-0.15, -0.1) is 0 Å². The molecule has 4 aromatic rings. The number of ether oxygens (including phenoxy) is 3. The molecule has 1 aromatic heterocycles. The Morgan fingerprint density at radius 3 is 2.56 bits per heavy atom. The summed E-state index contributed by atoms with van der Waals surface area (Å²) < 4.78 is 17.9. The maximum atomic E-state index is 13.4. The fourth-order valence-corrected chi connectivity index (χ4v) is 3.43. The van der Waals surface area contributed by atoms with Crippen molar-refractivity contribution in [3.63, 3.8) is 0 Å². The molecule has 0 spiro atoms. The second kappa shape index (κ2) is 10.2. The summed E-state index contributed by atoms with van der Waals surface area (Å²) in [5, 5.41) is 16.3. The fourth-order valence-electron chi connectivity index (χ4n) is 3.43. The lowest BCUT2D eigenvalue weighted by Crippen LogP contribution is -2.12. The molecule has 8 nitrogen and oxygen atoms in total. The zero-order valence-corrected chi connectivity index (χ0v) is 18.7. The number of nitrogens with zero attached hydrogens (tertiary/aromatic N) is 3. The second-order valence-corrected chi connectivity index (χ2v) is 7.17. The van der Waals surface area contributed by atoms with Crippen molar-refractivity contribution in [1.29, 1.82) is 5.26 Å². The minimum absolute atomic E-state index is 0.0823. The molecule has 34 heavy (non-hydrogen) atoms. The predicted octanol–water partition coefficient (Wildman–Crippen LogP) is 4.71. The second-order valence-electron chi connectivity index (χ2n) is 7.17. The van der Waals surface area contributed by atoms with Crippen LogP contribution in [0.5, 0.6) is 17.2 Å². The minimum Gasteiger partial charge on any atom is -0.497 e. The van der Waals surface area contributed by atoms with Crippen LogP contribution in [0, 0.1) is 11.3 Å². The van der Waals surface area contributed by atoms with Crippen LogP contribution in [0.1, 0.15) is 10.4 Å². The number of anilines is 1. The summed E-state index contributed by atoms with van der Waals surface area (Å²) in [6.45, 7) is -0.0823. The summed E-state index contributed by atoms with van der Waals surface area (Å²) in [6.07, 6.45) is 1.68. The molecule has 0 aliphatic carbocycles. The van der Waals surface area contributed by atoms with Gasteiger partial charge in [0.2, 0.25) is 0 Å². The van der Waals surface area contributed by atoms with Crippen molar-refractivity contribution in [2.24, 2.45) is 0 Å². The number of benzene rings is 3. The van der Waals surface area contributed by atoms with Gasteiger partial charge in [0.1, 0.15) is 29.0 Å². The summed E-state index contributed by atoms with van der Waals surface area (Å²) >= 11 is 0. The van der Waals surface area contributed by atoms with Crippen molar-refractivity contribution in [1.82, 2.24) is 9.78 Å². The van der Waals surface area contributed by atoms with E-state index >= 15 is 0 Å². The molecule has 0 radical (unpaired) electrons. The first-order valence-corrected chi connectivity index (χ1v) is 10.4. The van der Waals surface area contributed by atoms with Crippen LogP contribution in [0.3, 0.4) is 0 Å². The molecule has 0 aliphatic rings. The van der Waals surface area contributed by atoms with Crippen LogP contribution in [0.25, 0.3) is 16.9 Å². The van der Waals surface area contributed by atoms with Gasteiger partial charge in [-0.25, -0.2) is 4.68 Å². The van der Waals surface area contributed by atoms with Gasteiger partial charge in [-0.2, -0.15) is 10.4 Å². The highest BCUT2D eigenvalue weighted by molar-refractivity contribution is 6.08. The van der Waals surface area contributed by atoms with Crippen LogP contribution in [-0.2, 0) is 0 Å². The highest BCUT2D eigenvalue weighted by Gasteiger charge is 2.22. The van der Waals surface area contributed by atoms with Crippen molar-refractivity contribution < 1.29 is 19.0 Å². The van der Waals surface area contributed by atoms with Crippen molar-refractivity contribution in [2.75, 3.05) is 26.1 Å². The molecule has 3 aromatic carbocycles. The average Bonchev–Trinajstić information content (AvgIpc) is 3.33. The minimum atomic E-state index is -0.362. The van der Waals surface area contributed by atoms with Crippen molar-refractivity contribution in [3.8, 4) is 40.3 Å². The number of carbonyl (C=O) groups is 1. The lowest BCUT2D eigenvalue weighted by Gasteiger charge is -2.11. The number of nitriles is 1. The smallest absolute Gasteiger partial charge is 0.259 e. The Balaban J connectivity index is 1.77. The number of carbonyl (C=O) groups excluding carboxylic acids is 1. The largest absolute Gasteiger partial charge is 0.497 e. The lowest BCUT2D eigenvalue weighted by atomic mass is 10.1. The molecular weight excluding hydrogens is 432 g/mol. The molecule has 4 rings (SSSR count). The van der Waals surface area contributed by atoms with E-state index in [1.165, 1.54) is 0 Å². The van der Waals surface area contributed by atoms with E-state index in [0.717, 1.165) is 5.69 Å². The van der Waals surface area contributed by atoms with Gasteiger partial charge in [-0.05, 0) is 42.5 Å².